The van der Waals surface area contributed by atoms with Crippen molar-refractivity contribution in [1.29, 1.82) is 0 Å². The van der Waals surface area contributed by atoms with Crippen LogP contribution in [0.2, 0.25) is 0 Å². The highest BCUT2D eigenvalue weighted by molar-refractivity contribution is 5.96. The maximum Gasteiger partial charge on any atom is 0.264 e. The molecule has 0 amide bonds. The van der Waals surface area contributed by atoms with Crippen LogP contribution in [-0.4, -0.2) is 28.2 Å². The van der Waals surface area contributed by atoms with Gasteiger partial charge in [0.1, 0.15) is 5.82 Å². The molecule has 0 radical (unpaired) electrons. The Labute approximate surface area is 202 Å². The Bertz CT molecular complexity index is 1550. The van der Waals surface area contributed by atoms with E-state index in [-0.39, 0.29) is 16.7 Å². The number of hydrogen-bond acceptors (Lipinski definition) is 5. The molecule has 35 heavy (non-hydrogen) atoms. The molecule has 8 heteroatoms. The molecule has 176 valence electrons. The van der Waals surface area contributed by atoms with Crippen molar-refractivity contribution in [2.24, 2.45) is 0 Å². The Kier molecular flexibility index (Phi) is 5.58. The smallest absolute Gasteiger partial charge is 0.264 e. The van der Waals surface area contributed by atoms with Crippen molar-refractivity contribution in [2.45, 2.75) is 32.2 Å². The summed E-state index contributed by atoms with van der Waals surface area (Å²) in [6, 6.07) is 11.5. The second-order valence-corrected chi connectivity index (χ2v) is 8.95. The number of benzene rings is 2. The number of ether oxygens (including phenoxy) is 1. The molecule has 5 rings (SSSR count). The number of aryl methyl sites for hydroxylation is 1. The van der Waals surface area contributed by atoms with Crippen LogP contribution in [0.15, 0.2) is 53.5 Å². The van der Waals surface area contributed by atoms with Gasteiger partial charge in [-0.15, -0.1) is 0 Å². The van der Waals surface area contributed by atoms with Gasteiger partial charge in [0.25, 0.3) is 5.56 Å². The van der Waals surface area contributed by atoms with E-state index in [4.69, 9.17) is 16.3 Å². The zero-order chi connectivity index (χ0) is 24.7. The predicted octanol–water partition coefficient (Wildman–Crippen LogP) is 5.05. The summed E-state index contributed by atoms with van der Waals surface area (Å²) in [4.78, 5) is 27.0. The van der Waals surface area contributed by atoms with Crippen LogP contribution in [0.25, 0.3) is 32.6 Å². The number of aromatic nitrogens is 3. The summed E-state index contributed by atoms with van der Waals surface area (Å²) in [7, 11) is 1.39. The summed E-state index contributed by atoms with van der Waals surface area (Å²) in [5, 5.41) is 3.76. The van der Waals surface area contributed by atoms with Crippen molar-refractivity contribution < 1.29 is 9.13 Å². The lowest BCUT2D eigenvalue weighted by atomic mass is 9.97. The lowest BCUT2D eigenvalue weighted by molar-refractivity contribution is 0.385. The fourth-order valence-corrected chi connectivity index (χ4v) is 4.68. The lowest BCUT2D eigenvalue weighted by Gasteiger charge is -2.28. The van der Waals surface area contributed by atoms with Crippen LogP contribution in [0, 0.1) is 19.3 Å². The molecular weight excluding hydrogens is 445 g/mol. The van der Waals surface area contributed by atoms with Gasteiger partial charge in [0.15, 0.2) is 17.3 Å². The largest absolute Gasteiger partial charge is 0.494 e. The van der Waals surface area contributed by atoms with Crippen LogP contribution in [0.1, 0.15) is 31.3 Å². The normalized spacial score (nSPS) is 17.5. The minimum Gasteiger partial charge on any atom is -0.494 e. The van der Waals surface area contributed by atoms with Gasteiger partial charge in [0, 0.05) is 23.5 Å². The average Bonchev–Trinajstić information content (AvgIpc) is 3.31. The number of methoxy groups -OCH3 is 1. The first kappa shape index (κ1) is 22.7. The highest BCUT2D eigenvalue weighted by Gasteiger charge is 2.36. The molecule has 1 atom stereocenters. The van der Waals surface area contributed by atoms with Crippen LogP contribution in [-0.2, 0) is 5.54 Å². The third-order valence-corrected chi connectivity index (χ3v) is 6.56. The number of nitrogens with one attached hydrogen (secondary N) is 1. The van der Waals surface area contributed by atoms with Crippen molar-refractivity contribution >= 4 is 16.6 Å². The van der Waals surface area contributed by atoms with Gasteiger partial charge in [-0.2, -0.15) is 0 Å². The monoisotopic (exact) mass is 469 g/mol. The second-order valence-electron chi connectivity index (χ2n) is 8.95. The van der Waals surface area contributed by atoms with E-state index >= 15 is 0 Å². The van der Waals surface area contributed by atoms with Gasteiger partial charge < -0.3 is 10.1 Å². The summed E-state index contributed by atoms with van der Waals surface area (Å²) in [6.07, 6.45) is 3.41. The molecule has 1 N–H and O–H groups in total. The number of hydrogen-bond donors (Lipinski definition) is 1. The second kappa shape index (κ2) is 8.60. The minimum atomic E-state index is -0.592. The fraction of sp³-hybridized carbons (Fsp3) is 0.259. The summed E-state index contributed by atoms with van der Waals surface area (Å²) >= 11 is 0. The van der Waals surface area contributed by atoms with Gasteiger partial charge in [0.2, 0.25) is 0 Å². The molecule has 0 spiro atoms. The first-order chi connectivity index (χ1) is 16.8. The van der Waals surface area contributed by atoms with E-state index in [9.17, 15) is 9.18 Å². The van der Waals surface area contributed by atoms with E-state index in [1.165, 1.54) is 23.8 Å². The highest BCUT2D eigenvalue weighted by atomic mass is 19.1. The SMILES string of the molecule is [C-]#[N+]c1cc(-c2ccc(C)nc2)c2nc([C@@]3(C)CCCN3)n(-c3ccc(OC)c(F)c3)c(=O)c2c1. The van der Waals surface area contributed by atoms with Gasteiger partial charge in [-0.1, -0.05) is 6.07 Å². The molecule has 0 unspecified atom stereocenters. The Balaban J connectivity index is 1.89. The minimum absolute atomic E-state index is 0.0896. The predicted molar refractivity (Wildman–Crippen MR) is 133 cm³/mol. The number of rotatable bonds is 4. The molecule has 2 aromatic heterocycles. The molecule has 1 aliphatic rings. The highest BCUT2D eigenvalue weighted by Crippen LogP contribution is 2.35. The summed E-state index contributed by atoms with van der Waals surface area (Å²) < 4.78 is 21.2. The Morgan fingerprint density at radius 3 is 2.69 bits per heavy atom. The van der Waals surface area contributed by atoms with Gasteiger partial charge in [-0.25, -0.2) is 14.2 Å². The van der Waals surface area contributed by atoms with Crippen LogP contribution in [0.3, 0.4) is 0 Å². The first-order valence-electron chi connectivity index (χ1n) is 11.4. The van der Waals surface area contributed by atoms with E-state index < -0.39 is 11.4 Å². The van der Waals surface area contributed by atoms with E-state index in [2.05, 4.69) is 15.1 Å². The molecule has 3 heterocycles. The first-order valence-corrected chi connectivity index (χ1v) is 11.4. The van der Waals surface area contributed by atoms with Crippen molar-refractivity contribution in [2.75, 3.05) is 13.7 Å². The summed E-state index contributed by atoms with van der Waals surface area (Å²) in [6.45, 7) is 12.3. The van der Waals surface area contributed by atoms with Gasteiger partial charge in [-0.3, -0.25) is 14.3 Å². The fourth-order valence-electron chi connectivity index (χ4n) is 4.68. The van der Waals surface area contributed by atoms with E-state index in [1.54, 1.807) is 24.4 Å². The molecule has 7 nitrogen and oxygen atoms in total. The molecular formula is C27H24FN5O2. The van der Waals surface area contributed by atoms with Crippen LogP contribution >= 0.6 is 0 Å². The molecule has 0 saturated carbocycles. The third-order valence-electron chi connectivity index (χ3n) is 6.56. The number of nitrogens with zero attached hydrogens (tertiary/aromatic N) is 4. The van der Waals surface area contributed by atoms with Crippen LogP contribution in [0.4, 0.5) is 10.1 Å². The number of fused-ring (bicyclic) bond motifs is 1. The maximum atomic E-state index is 14.7. The Morgan fingerprint density at radius 2 is 2.06 bits per heavy atom. The summed E-state index contributed by atoms with van der Waals surface area (Å²) in [5.74, 6) is 0.00880. The summed E-state index contributed by atoms with van der Waals surface area (Å²) in [5.41, 5.74) is 2.48. The van der Waals surface area contributed by atoms with E-state index in [0.29, 0.717) is 28.3 Å². The topological polar surface area (TPSA) is 73.4 Å². The van der Waals surface area contributed by atoms with Crippen molar-refractivity contribution in [3.8, 4) is 22.6 Å². The molecule has 1 fully saturated rings. The van der Waals surface area contributed by atoms with E-state index in [1.807, 2.05) is 26.0 Å². The van der Waals surface area contributed by atoms with Gasteiger partial charge in [-0.05, 0) is 69.1 Å². The number of halogens is 1. The number of pyridine rings is 1. The van der Waals surface area contributed by atoms with Crippen LogP contribution in [0.5, 0.6) is 5.75 Å². The van der Waals surface area contributed by atoms with Crippen molar-refractivity contribution in [3.05, 3.63) is 87.8 Å². The molecule has 0 aliphatic carbocycles. The van der Waals surface area contributed by atoms with Crippen LogP contribution < -0.4 is 15.6 Å². The van der Waals surface area contributed by atoms with Crippen molar-refractivity contribution in [3.63, 3.8) is 0 Å². The van der Waals surface area contributed by atoms with E-state index in [0.717, 1.165) is 30.6 Å². The molecule has 1 saturated heterocycles. The maximum absolute atomic E-state index is 14.7. The van der Waals surface area contributed by atoms with Crippen molar-refractivity contribution in [1.82, 2.24) is 19.9 Å². The quantitative estimate of drug-likeness (QED) is 0.423. The average molecular weight is 470 g/mol. The van der Waals surface area contributed by atoms with Gasteiger partial charge >= 0.3 is 0 Å². The standard InChI is InChI=1S/C27H24FN5O2/c1-16-6-7-17(15-30-16)20-12-18(29-3)13-21-24(20)32-26(27(2)10-5-11-31-27)33(25(21)34)19-8-9-23(35-4)22(28)14-19/h6-9,12-15,31H,5,10-11H2,1-2,4H3/t27-/m1/s1. The zero-order valence-corrected chi connectivity index (χ0v) is 19.7. The zero-order valence-electron chi connectivity index (χ0n) is 19.7. The lowest BCUT2D eigenvalue weighted by Crippen LogP contribution is -2.40. The van der Waals surface area contributed by atoms with Gasteiger partial charge in [0.05, 0.1) is 35.8 Å². The third kappa shape index (κ3) is 3.84. The molecule has 2 aromatic carbocycles. The molecule has 0 bridgehead atoms. The Hall–Kier alpha value is -4.09. The molecule has 1 aliphatic heterocycles. The Morgan fingerprint density at radius 1 is 1.23 bits per heavy atom. The molecule has 4 aromatic rings.